The molecule has 0 fully saturated rings. The highest BCUT2D eigenvalue weighted by molar-refractivity contribution is 7.81. The number of terminal acetylenes is 1. The average Bonchev–Trinajstić information content (AvgIpc) is 2.11. The predicted octanol–water partition coefficient (Wildman–Crippen LogP) is 3.91. The monoisotopic (exact) mass is 198 g/mol. The van der Waals surface area contributed by atoms with Crippen LogP contribution >= 0.6 is 12.6 Å². The highest BCUT2D eigenvalue weighted by atomic mass is 32.1. The Morgan fingerprint density at radius 3 is 2.54 bits per heavy atom. The third-order valence-corrected chi connectivity index (χ3v) is 3.13. The van der Waals surface area contributed by atoms with Gasteiger partial charge in [-0.05, 0) is 25.2 Å². The van der Waals surface area contributed by atoms with Gasteiger partial charge in [-0.2, -0.15) is 12.6 Å². The van der Waals surface area contributed by atoms with Crippen molar-refractivity contribution >= 4 is 12.6 Å². The van der Waals surface area contributed by atoms with Crippen LogP contribution in [0.3, 0.4) is 0 Å². The Morgan fingerprint density at radius 1 is 1.46 bits per heavy atom. The molecule has 0 bridgehead atoms. The highest BCUT2D eigenvalue weighted by Crippen LogP contribution is 2.28. The topological polar surface area (TPSA) is 0 Å². The number of hydrogen-bond donors (Lipinski definition) is 1. The molecular formula is C12H22S. The Morgan fingerprint density at radius 2 is 2.08 bits per heavy atom. The van der Waals surface area contributed by atoms with Crippen molar-refractivity contribution in [1.29, 1.82) is 0 Å². The summed E-state index contributed by atoms with van der Waals surface area (Å²) in [7, 11) is 0. The van der Waals surface area contributed by atoms with Gasteiger partial charge in [-0.15, -0.1) is 12.3 Å². The minimum atomic E-state index is 0.135. The van der Waals surface area contributed by atoms with E-state index in [4.69, 9.17) is 6.42 Å². The molecule has 0 aliphatic heterocycles. The van der Waals surface area contributed by atoms with Gasteiger partial charge >= 0.3 is 0 Å². The molecule has 0 heterocycles. The molecule has 2 unspecified atom stereocenters. The molecule has 0 saturated heterocycles. The molecule has 76 valence electrons. The van der Waals surface area contributed by atoms with E-state index in [1.54, 1.807) is 0 Å². The third kappa shape index (κ3) is 7.02. The Kier molecular flexibility index (Phi) is 6.33. The molecular weight excluding hydrogens is 176 g/mol. The van der Waals surface area contributed by atoms with Gasteiger partial charge in [-0.1, -0.05) is 27.2 Å². The molecule has 0 aromatic rings. The fourth-order valence-corrected chi connectivity index (χ4v) is 1.47. The Bertz CT molecular complexity index is 164. The molecule has 1 heteroatoms. The summed E-state index contributed by atoms with van der Waals surface area (Å²) in [6.07, 6.45) is 10.8. The molecule has 0 aliphatic rings. The predicted molar refractivity (Wildman–Crippen MR) is 64.1 cm³/mol. The maximum absolute atomic E-state index is 5.23. The lowest BCUT2D eigenvalue weighted by molar-refractivity contribution is 0.437. The molecule has 0 amide bonds. The summed E-state index contributed by atoms with van der Waals surface area (Å²) in [5, 5.41) is 0. The molecule has 0 aromatic carbocycles. The van der Waals surface area contributed by atoms with Gasteiger partial charge in [-0.3, -0.25) is 0 Å². The fraction of sp³-hybridized carbons (Fsp3) is 0.833. The molecule has 0 rings (SSSR count). The lowest BCUT2D eigenvalue weighted by Crippen LogP contribution is -2.17. The van der Waals surface area contributed by atoms with E-state index in [-0.39, 0.29) is 4.75 Å². The summed E-state index contributed by atoms with van der Waals surface area (Å²) >= 11 is 4.64. The number of hydrogen-bond acceptors (Lipinski definition) is 1. The number of rotatable bonds is 6. The van der Waals surface area contributed by atoms with Gasteiger partial charge in [0.25, 0.3) is 0 Å². The van der Waals surface area contributed by atoms with Gasteiger partial charge in [0.15, 0.2) is 0 Å². The molecule has 0 radical (unpaired) electrons. The zero-order chi connectivity index (χ0) is 10.3. The van der Waals surface area contributed by atoms with Crippen LogP contribution in [0, 0.1) is 18.3 Å². The first-order valence-electron chi connectivity index (χ1n) is 5.17. The molecule has 13 heavy (non-hydrogen) atoms. The van der Waals surface area contributed by atoms with Gasteiger partial charge in [-0.25, -0.2) is 0 Å². The van der Waals surface area contributed by atoms with E-state index in [9.17, 15) is 0 Å². The summed E-state index contributed by atoms with van der Waals surface area (Å²) in [5.74, 6) is 3.49. The van der Waals surface area contributed by atoms with Crippen LogP contribution in [0.4, 0.5) is 0 Å². The quantitative estimate of drug-likeness (QED) is 0.485. The smallest absolute Gasteiger partial charge is 0.0111 e. The SMILES string of the molecule is C#CCCC(C)(S)CCC(C)CC. The van der Waals surface area contributed by atoms with Crippen LogP contribution in [0.15, 0.2) is 0 Å². The Hall–Kier alpha value is -0.0900. The molecule has 0 aliphatic carbocycles. The van der Waals surface area contributed by atoms with Crippen molar-refractivity contribution in [3.8, 4) is 12.3 Å². The van der Waals surface area contributed by atoms with Crippen molar-refractivity contribution in [2.45, 2.75) is 57.6 Å². The van der Waals surface area contributed by atoms with Crippen LogP contribution in [0.25, 0.3) is 0 Å². The minimum Gasteiger partial charge on any atom is -0.173 e. The molecule has 0 nitrogen and oxygen atoms in total. The second-order valence-electron chi connectivity index (χ2n) is 4.25. The maximum atomic E-state index is 5.23. The summed E-state index contributed by atoms with van der Waals surface area (Å²) in [4.78, 5) is 0. The first-order valence-corrected chi connectivity index (χ1v) is 5.62. The standard InChI is InChI=1S/C12H22S/c1-5-7-9-12(4,13)10-8-11(3)6-2/h1,11,13H,6-10H2,2-4H3. The second kappa shape index (κ2) is 6.38. The summed E-state index contributed by atoms with van der Waals surface area (Å²) in [6, 6.07) is 0. The van der Waals surface area contributed by atoms with Crippen LogP contribution < -0.4 is 0 Å². The normalized spacial score (nSPS) is 17.5. The van der Waals surface area contributed by atoms with Gasteiger partial charge in [0.2, 0.25) is 0 Å². The first-order chi connectivity index (χ1) is 6.02. The first kappa shape index (κ1) is 12.9. The van der Waals surface area contributed by atoms with E-state index in [0.717, 1.165) is 18.8 Å². The molecule has 0 spiro atoms. The van der Waals surface area contributed by atoms with Crippen molar-refractivity contribution in [2.24, 2.45) is 5.92 Å². The van der Waals surface area contributed by atoms with Crippen LogP contribution in [0.5, 0.6) is 0 Å². The maximum Gasteiger partial charge on any atom is 0.0111 e. The molecule has 0 aromatic heterocycles. The van der Waals surface area contributed by atoms with Crippen LogP contribution in [0.1, 0.15) is 52.9 Å². The van der Waals surface area contributed by atoms with Gasteiger partial charge < -0.3 is 0 Å². The number of thiol groups is 1. The summed E-state index contributed by atoms with van der Waals surface area (Å²) < 4.78 is 0.135. The van der Waals surface area contributed by atoms with E-state index in [1.807, 2.05) is 0 Å². The van der Waals surface area contributed by atoms with E-state index < -0.39 is 0 Å². The van der Waals surface area contributed by atoms with Crippen LogP contribution in [-0.4, -0.2) is 4.75 Å². The van der Waals surface area contributed by atoms with Crippen LogP contribution in [-0.2, 0) is 0 Å². The summed E-state index contributed by atoms with van der Waals surface area (Å²) in [6.45, 7) is 6.73. The summed E-state index contributed by atoms with van der Waals surface area (Å²) in [5.41, 5.74) is 0. The second-order valence-corrected chi connectivity index (χ2v) is 5.33. The lowest BCUT2D eigenvalue weighted by atomic mass is 9.93. The van der Waals surface area contributed by atoms with Gasteiger partial charge in [0.05, 0.1) is 0 Å². The molecule has 2 atom stereocenters. The lowest BCUT2D eigenvalue weighted by Gasteiger charge is -2.24. The van der Waals surface area contributed by atoms with Gasteiger partial charge in [0.1, 0.15) is 0 Å². The van der Waals surface area contributed by atoms with E-state index in [1.165, 1.54) is 19.3 Å². The molecule has 0 N–H and O–H groups in total. The average molecular weight is 198 g/mol. The van der Waals surface area contributed by atoms with Crippen molar-refractivity contribution < 1.29 is 0 Å². The van der Waals surface area contributed by atoms with Gasteiger partial charge in [0, 0.05) is 11.2 Å². The Balaban J connectivity index is 3.69. The van der Waals surface area contributed by atoms with Crippen LogP contribution in [0.2, 0.25) is 0 Å². The van der Waals surface area contributed by atoms with Crippen molar-refractivity contribution in [3.05, 3.63) is 0 Å². The Labute approximate surface area is 88.9 Å². The van der Waals surface area contributed by atoms with Crippen molar-refractivity contribution in [1.82, 2.24) is 0 Å². The van der Waals surface area contributed by atoms with Crippen molar-refractivity contribution in [3.63, 3.8) is 0 Å². The zero-order valence-electron chi connectivity index (χ0n) is 9.14. The fourth-order valence-electron chi connectivity index (χ4n) is 1.23. The molecule has 0 saturated carbocycles. The largest absolute Gasteiger partial charge is 0.173 e. The van der Waals surface area contributed by atoms with Crippen molar-refractivity contribution in [2.75, 3.05) is 0 Å². The zero-order valence-corrected chi connectivity index (χ0v) is 10.0. The minimum absolute atomic E-state index is 0.135. The highest BCUT2D eigenvalue weighted by Gasteiger charge is 2.18. The third-order valence-electron chi connectivity index (χ3n) is 2.68. The van der Waals surface area contributed by atoms with E-state index in [0.29, 0.717) is 0 Å². The van der Waals surface area contributed by atoms with E-state index in [2.05, 4.69) is 39.3 Å². The van der Waals surface area contributed by atoms with E-state index >= 15 is 0 Å².